The largest absolute Gasteiger partial charge is 0.504 e. The number of phenols is 2. The zero-order valence-corrected chi connectivity index (χ0v) is 16.7. The van der Waals surface area contributed by atoms with E-state index in [0.717, 1.165) is 30.2 Å². The van der Waals surface area contributed by atoms with Crippen molar-refractivity contribution in [2.24, 2.45) is 5.10 Å². The molecule has 2 aliphatic rings. The van der Waals surface area contributed by atoms with E-state index in [1.54, 1.807) is 0 Å². The topological polar surface area (TPSA) is 165 Å². The number of aliphatic carboxylic acids is 1. The fourth-order valence-corrected chi connectivity index (χ4v) is 5.80. The lowest BCUT2D eigenvalue weighted by molar-refractivity contribution is -0.156. The normalized spacial score (nSPS) is 27.6. The number of halogens is 1. The average molecular weight is 446 g/mol. The van der Waals surface area contributed by atoms with E-state index in [1.807, 2.05) is 0 Å². The summed E-state index contributed by atoms with van der Waals surface area (Å²) in [6.07, 6.45) is 0.492. The molecule has 0 radical (unpaired) electrons. The fraction of sp³-hybridized carbons (Fsp3) is 0.375. The van der Waals surface area contributed by atoms with Crippen LogP contribution in [-0.4, -0.2) is 80.9 Å². The Hall–Kier alpha value is -2.86. The maximum atomic E-state index is 12.8. The molecule has 0 saturated carbocycles. The van der Waals surface area contributed by atoms with Crippen LogP contribution in [0.2, 0.25) is 5.02 Å². The predicted molar refractivity (Wildman–Crippen MR) is 99.4 cm³/mol. The van der Waals surface area contributed by atoms with Crippen molar-refractivity contribution >= 4 is 45.4 Å². The van der Waals surface area contributed by atoms with Crippen LogP contribution in [0.1, 0.15) is 23.7 Å². The van der Waals surface area contributed by atoms with Gasteiger partial charge in [0.15, 0.2) is 27.4 Å². The van der Waals surface area contributed by atoms with Gasteiger partial charge in [0.05, 0.1) is 17.0 Å². The Morgan fingerprint density at radius 2 is 2.00 bits per heavy atom. The summed E-state index contributed by atoms with van der Waals surface area (Å²) in [5.74, 6) is -4.22. The van der Waals surface area contributed by atoms with Crippen LogP contribution < -0.4 is 0 Å². The summed E-state index contributed by atoms with van der Waals surface area (Å²) in [7, 11) is -2.96. The molecule has 2 heterocycles. The Kier molecular flexibility index (Phi) is 4.74. The third-order valence-corrected chi connectivity index (χ3v) is 8.13. The van der Waals surface area contributed by atoms with Crippen molar-refractivity contribution in [3.05, 3.63) is 22.7 Å². The first-order valence-corrected chi connectivity index (χ1v) is 10.1. The van der Waals surface area contributed by atoms with Crippen LogP contribution in [0, 0.1) is 0 Å². The van der Waals surface area contributed by atoms with Crippen LogP contribution in [-0.2, 0) is 19.4 Å². The second kappa shape index (κ2) is 6.59. The highest BCUT2D eigenvalue weighted by molar-refractivity contribution is 7.94. The lowest BCUT2D eigenvalue weighted by Crippen LogP contribution is -2.57. The molecule has 3 atom stereocenters. The molecule has 2 saturated heterocycles. The molecule has 11 nitrogen and oxygen atoms in total. The Bertz CT molecular complexity index is 1070. The number of carbonyl (C=O) groups excluding carboxylic acids is 2. The van der Waals surface area contributed by atoms with Crippen molar-refractivity contribution < 1.29 is 38.1 Å². The van der Waals surface area contributed by atoms with E-state index in [-0.39, 0.29) is 12.0 Å². The highest BCUT2D eigenvalue weighted by atomic mass is 35.5. The van der Waals surface area contributed by atoms with Crippen LogP contribution in [0.4, 0.5) is 0 Å². The number of carboxylic acid groups (broad SMARTS) is 1. The van der Waals surface area contributed by atoms with Gasteiger partial charge in [-0.3, -0.25) is 9.59 Å². The molecule has 0 spiro atoms. The van der Waals surface area contributed by atoms with E-state index in [9.17, 15) is 38.1 Å². The Morgan fingerprint density at radius 1 is 1.38 bits per heavy atom. The minimum atomic E-state index is -4.12. The molecule has 3 rings (SSSR count). The van der Waals surface area contributed by atoms with E-state index < -0.39 is 60.3 Å². The van der Waals surface area contributed by atoms with Gasteiger partial charge in [0, 0.05) is 13.3 Å². The number of rotatable bonds is 4. The molecule has 0 aliphatic carbocycles. The van der Waals surface area contributed by atoms with Crippen molar-refractivity contribution in [2.75, 3.05) is 7.05 Å². The smallest absolute Gasteiger partial charge is 0.328 e. The number of carboxylic acids is 1. The monoisotopic (exact) mass is 445 g/mol. The summed E-state index contributed by atoms with van der Waals surface area (Å²) < 4.78 is 23.5. The van der Waals surface area contributed by atoms with Crippen LogP contribution in [0.25, 0.3) is 0 Å². The van der Waals surface area contributed by atoms with Crippen molar-refractivity contribution in [3.8, 4) is 11.5 Å². The number of sulfone groups is 1. The molecule has 3 N–H and O–H groups in total. The van der Waals surface area contributed by atoms with Gasteiger partial charge >= 0.3 is 5.97 Å². The first-order chi connectivity index (χ1) is 13.3. The van der Waals surface area contributed by atoms with E-state index >= 15 is 0 Å². The van der Waals surface area contributed by atoms with Gasteiger partial charge in [0.1, 0.15) is 10.1 Å². The second-order valence-corrected chi connectivity index (χ2v) is 9.69. The summed E-state index contributed by atoms with van der Waals surface area (Å²) in [6.45, 7) is 1.12. The molecule has 1 aromatic carbocycles. The van der Waals surface area contributed by atoms with E-state index in [2.05, 4.69) is 5.10 Å². The number of nitrogens with zero attached hydrogens (tertiary/aromatic N) is 3. The number of phenolic OH excluding ortho intramolecular Hbond substituents is 2. The number of fused-ring (bicyclic) bond motifs is 1. The summed E-state index contributed by atoms with van der Waals surface area (Å²) in [5.41, 5.74) is -0.227. The van der Waals surface area contributed by atoms with Crippen molar-refractivity contribution in [1.29, 1.82) is 0 Å². The molecular weight excluding hydrogens is 430 g/mol. The maximum Gasteiger partial charge on any atom is 0.328 e. The zero-order valence-electron chi connectivity index (χ0n) is 15.1. The summed E-state index contributed by atoms with van der Waals surface area (Å²) in [5, 5.41) is 31.3. The van der Waals surface area contributed by atoms with Crippen LogP contribution in [0.5, 0.6) is 11.5 Å². The average Bonchev–Trinajstić information content (AvgIpc) is 2.78. The van der Waals surface area contributed by atoms with Crippen LogP contribution in [0.3, 0.4) is 0 Å². The Morgan fingerprint density at radius 3 is 2.55 bits per heavy atom. The lowest BCUT2D eigenvalue weighted by atomic mass is 9.97. The number of hydrogen-bond acceptors (Lipinski definition) is 8. The van der Waals surface area contributed by atoms with Crippen LogP contribution in [0.15, 0.2) is 17.2 Å². The van der Waals surface area contributed by atoms with Crippen LogP contribution >= 0.6 is 11.6 Å². The predicted octanol–water partition coefficient (Wildman–Crippen LogP) is 0.00770. The molecule has 2 aliphatic heterocycles. The molecule has 156 valence electrons. The highest BCUT2D eigenvalue weighted by Crippen LogP contribution is 2.45. The van der Waals surface area contributed by atoms with Gasteiger partial charge in [-0.2, -0.15) is 5.10 Å². The number of carbonyl (C=O) groups is 3. The zero-order chi connectivity index (χ0) is 21.9. The Balaban J connectivity index is 1.95. The molecule has 29 heavy (non-hydrogen) atoms. The number of benzene rings is 1. The molecule has 0 bridgehead atoms. The van der Waals surface area contributed by atoms with Gasteiger partial charge in [0.25, 0.3) is 5.91 Å². The van der Waals surface area contributed by atoms with Gasteiger partial charge in [-0.25, -0.2) is 18.2 Å². The van der Waals surface area contributed by atoms with E-state index in [0.29, 0.717) is 5.01 Å². The van der Waals surface area contributed by atoms with Gasteiger partial charge in [-0.1, -0.05) is 11.6 Å². The third kappa shape index (κ3) is 2.82. The highest BCUT2D eigenvalue weighted by Gasteiger charge is 2.69. The maximum absolute atomic E-state index is 12.8. The van der Waals surface area contributed by atoms with Gasteiger partial charge in [-0.05, 0) is 19.1 Å². The minimum Gasteiger partial charge on any atom is -0.504 e. The Labute approximate surface area is 169 Å². The molecule has 13 heteroatoms. The molecule has 0 aromatic heterocycles. The summed E-state index contributed by atoms with van der Waals surface area (Å²) >= 11 is 5.84. The summed E-state index contributed by atoms with van der Waals surface area (Å²) in [4.78, 5) is 36.8. The second-order valence-electron chi connectivity index (χ2n) is 6.80. The number of hydrogen-bond donors (Lipinski definition) is 3. The molecule has 0 unspecified atom stereocenters. The number of aromatic hydroxyl groups is 2. The van der Waals surface area contributed by atoms with Gasteiger partial charge in [0.2, 0.25) is 5.91 Å². The molecule has 1 aromatic rings. The molecular formula is C16H16ClN3O8S. The molecule has 2 amide bonds. The first kappa shape index (κ1) is 20.9. The SMILES string of the molecule is CN(/N=C/[C@@]1(C)[C@H](C(=O)O)N2C(=O)C[C@H]2S1(=O)=O)C(=O)c1ccc(O)c(O)c1Cl. The fourth-order valence-electron chi connectivity index (χ4n) is 3.35. The number of β-lactam (4-membered cyclic amide) rings is 1. The van der Waals surface area contributed by atoms with Gasteiger partial charge < -0.3 is 20.2 Å². The quantitative estimate of drug-likeness (QED) is 0.252. The van der Waals surface area contributed by atoms with E-state index in [4.69, 9.17) is 11.6 Å². The number of hydrazone groups is 1. The third-order valence-electron chi connectivity index (χ3n) is 5.08. The molecule has 2 fully saturated rings. The van der Waals surface area contributed by atoms with Gasteiger partial charge in [-0.15, -0.1) is 0 Å². The van der Waals surface area contributed by atoms with Crippen molar-refractivity contribution in [1.82, 2.24) is 9.91 Å². The lowest BCUT2D eigenvalue weighted by Gasteiger charge is -2.35. The van der Waals surface area contributed by atoms with E-state index in [1.165, 1.54) is 7.05 Å². The number of amides is 2. The minimum absolute atomic E-state index is 0.227. The first-order valence-electron chi connectivity index (χ1n) is 8.15. The van der Waals surface area contributed by atoms with Crippen molar-refractivity contribution in [2.45, 2.75) is 29.5 Å². The van der Waals surface area contributed by atoms with Crippen molar-refractivity contribution in [3.63, 3.8) is 0 Å². The summed E-state index contributed by atoms with van der Waals surface area (Å²) in [6, 6.07) is 0.475. The standard InChI is InChI=1S/C16H16ClN3O8S/c1-16(13(15(25)26)20-9(22)5-10(20)29(16,27)28)6-18-19(2)14(24)7-3-4-8(21)12(23)11(7)17/h3-4,6,10,13,21,23H,5H2,1-2H3,(H,25,26)/b18-6+/t10-,13+,16+/m1/s1.